The van der Waals surface area contributed by atoms with Gasteiger partial charge >= 0.3 is 0 Å². The van der Waals surface area contributed by atoms with E-state index in [0.717, 1.165) is 50.8 Å². The Bertz CT molecular complexity index is 515. The van der Waals surface area contributed by atoms with Gasteiger partial charge in [0.1, 0.15) is 0 Å². The maximum Gasteiger partial charge on any atom is 0.230 e. The van der Waals surface area contributed by atoms with Gasteiger partial charge in [-0.15, -0.1) is 24.0 Å². The van der Waals surface area contributed by atoms with Crippen LogP contribution in [0.5, 0.6) is 0 Å². The SMILES string of the molecule is CCNC(=NCC1(C(=O)N(C)C)CCCC1)NCC1CCN(C2CC2)C1.I. The minimum Gasteiger partial charge on any atom is -0.357 e. The quantitative estimate of drug-likeness (QED) is 0.326. The summed E-state index contributed by atoms with van der Waals surface area (Å²) < 4.78 is 0. The molecule has 2 saturated carbocycles. The van der Waals surface area contributed by atoms with Crippen molar-refractivity contribution >= 4 is 35.8 Å². The Labute approximate surface area is 181 Å². The van der Waals surface area contributed by atoms with Crippen molar-refractivity contribution in [3.05, 3.63) is 0 Å². The second-order valence-corrected chi connectivity index (χ2v) is 8.64. The van der Waals surface area contributed by atoms with E-state index in [0.29, 0.717) is 12.5 Å². The second kappa shape index (κ2) is 10.3. The number of halogens is 1. The van der Waals surface area contributed by atoms with Crippen molar-refractivity contribution in [2.24, 2.45) is 16.3 Å². The molecule has 1 amide bonds. The smallest absolute Gasteiger partial charge is 0.230 e. The highest BCUT2D eigenvalue weighted by Gasteiger charge is 2.42. The Morgan fingerprint density at radius 2 is 1.89 bits per heavy atom. The second-order valence-electron chi connectivity index (χ2n) is 8.64. The molecule has 3 fully saturated rings. The summed E-state index contributed by atoms with van der Waals surface area (Å²) in [4.78, 5) is 21.9. The number of carbonyl (C=O) groups is 1. The summed E-state index contributed by atoms with van der Waals surface area (Å²) in [6.45, 7) is 6.99. The topological polar surface area (TPSA) is 60.0 Å². The molecule has 3 aliphatic rings. The van der Waals surface area contributed by atoms with Gasteiger partial charge in [0.15, 0.2) is 5.96 Å². The van der Waals surface area contributed by atoms with E-state index in [1.807, 2.05) is 14.1 Å². The number of carbonyl (C=O) groups excluding carboxylic acids is 1. The molecule has 0 bridgehead atoms. The van der Waals surface area contributed by atoms with Gasteiger partial charge in [-0.2, -0.15) is 0 Å². The Balaban J connectivity index is 0.00000261. The zero-order chi connectivity index (χ0) is 18.6. The van der Waals surface area contributed by atoms with E-state index in [1.54, 1.807) is 4.90 Å². The van der Waals surface area contributed by atoms with E-state index < -0.39 is 0 Å². The third kappa shape index (κ3) is 5.95. The largest absolute Gasteiger partial charge is 0.357 e. The number of amides is 1. The average molecular weight is 491 g/mol. The summed E-state index contributed by atoms with van der Waals surface area (Å²) in [6.07, 6.45) is 8.28. The van der Waals surface area contributed by atoms with Crippen LogP contribution in [0.4, 0.5) is 0 Å². The normalized spacial score (nSPS) is 25.1. The molecule has 0 spiro atoms. The van der Waals surface area contributed by atoms with Gasteiger partial charge in [-0.05, 0) is 51.5 Å². The molecule has 0 radical (unpaired) electrons. The van der Waals surface area contributed by atoms with Gasteiger partial charge < -0.3 is 20.4 Å². The molecule has 1 aliphatic heterocycles. The minimum atomic E-state index is -0.290. The van der Waals surface area contributed by atoms with E-state index in [4.69, 9.17) is 4.99 Å². The van der Waals surface area contributed by atoms with Crippen molar-refractivity contribution in [3.8, 4) is 0 Å². The highest BCUT2D eigenvalue weighted by Crippen LogP contribution is 2.39. The zero-order valence-electron chi connectivity index (χ0n) is 17.3. The molecule has 7 heteroatoms. The first-order valence-corrected chi connectivity index (χ1v) is 10.5. The maximum absolute atomic E-state index is 12.7. The monoisotopic (exact) mass is 491 g/mol. The number of likely N-dealkylation sites (tertiary alicyclic amines) is 1. The number of guanidine groups is 1. The third-order valence-corrected chi connectivity index (χ3v) is 6.24. The summed E-state index contributed by atoms with van der Waals surface area (Å²) in [5, 5.41) is 6.90. The van der Waals surface area contributed by atoms with E-state index in [-0.39, 0.29) is 35.3 Å². The van der Waals surface area contributed by atoms with Crippen LogP contribution in [0.1, 0.15) is 51.9 Å². The zero-order valence-corrected chi connectivity index (χ0v) is 19.6. The van der Waals surface area contributed by atoms with Crippen LogP contribution in [0.25, 0.3) is 0 Å². The van der Waals surface area contributed by atoms with E-state index in [9.17, 15) is 4.79 Å². The standard InChI is InChI=1S/C20H37N5O.HI/c1-4-21-19(22-13-16-9-12-25(14-16)17-7-8-17)23-15-20(10-5-6-11-20)18(26)24(2)3;/h16-17H,4-15H2,1-3H3,(H2,21,22,23);1H. The molecule has 2 N–H and O–H groups in total. The molecule has 1 saturated heterocycles. The fourth-order valence-corrected chi connectivity index (χ4v) is 4.58. The molecule has 1 atom stereocenters. The van der Waals surface area contributed by atoms with Gasteiger partial charge in [0, 0.05) is 39.8 Å². The highest BCUT2D eigenvalue weighted by atomic mass is 127. The molecule has 0 aromatic rings. The van der Waals surface area contributed by atoms with Gasteiger partial charge in [-0.1, -0.05) is 12.8 Å². The van der Waals surface area contributed by atoms with Crippen LogP contribution >= 0.6 is 24.0 Å². The van der Waals surface area contributed by atoms with Crippen LogP contribution in [0.3, 0.4) is 0 Å². The first-order chi connectivity index (χ1) is 12.5. The van der Waals surface area contributed by atoms with Gasteiger partial charge in [-0.25, -0.2) is 0 Å². The van der Waals surface area contributed by atoms with Crippen LogP contribution in [-0.2, 0) is 4.79 Å². The Hall–Kier alpha value is -0.570. The number of hydrogen-bond donors (Lipinski definition) is 2. The predicted octanol–water partition coefficient (Wildman–Crippen LogP) is 2.29. The van der Waals surface area contributed by atoms with Crippen molar-refractivity contribution in [1.29, 1.82) is 0 Å². The lowest BCUT2D eigenvalue weighted by Crippen LogP contribution is -2.44. The molecular weight excluding hydrogens is 453 g/mol. The van der Waals surface area contributed by atoms with Crippen molar-refractivity contribution in [2.75, 3.05) is 46.8 Å². The molecule has 156 valence electrons. The van der Waals surface area contributed by atoms with E-state index >= 15 is 0 Å². The third-order valence-electron chi connectivity index (χ3n) is 6.24. The lowest BCUT2D eigenvalue weighted by Gasteiger charge is -2.29. The Morgan fingerprint density at radius 1 is 1.19 bits per heavy atom. The van der Waals surface area contributed by atoms with Gasteiger partial charge in [-0.3, -0.25) is 9.79 Å². The summed E-state index contributed by atoms with van der Waals surface area (Å²) >= 11 is 0. The van der Waals surface area contributed by atoms with E-state index in [2.05, 4.69) is 22.5 Å². The minimum absolute atomic E-state index is 0. The van der Waals surface area contributed by atoms with Gasteiger partial charge in [0.05, 0.1) is 12.0 Å². The summed E-state index contributed by atoms with van der Waals surface area (Å²) in [6, 6.07) is 0.876. The fraction of sp³-hybridized carbons (Fsp3) is 0.900. The molecule has 2 aliphatic carbocycles. The summed E-state index contributed by atoms with van der Waals surface area (Å²) in [5.41, 5.74) is -0.290. The number of hydrogen-bond acceptors (Lipinski definition) is 3. The maximum atomic E-state index is 12.7. The van der Waals surface area contributed by atoms with Crippen molar-refractivity contribution < 1.29 is 4.79 Å². The number of nitrogens with one attached hydrogen (secondary N) is 2. The molecule has 6 nitrogen and oxygen atoms in total. The van der Waals surface area contributed by atoms with Crippen LogP contribution in [0, 0.1) is 11.3 Å². The summed E-state index contributed by atoms with van der Waals surface area (Å²) in [5.74, 6) is 1.82. The predicted molar refractivity (Wildman–Crippen MR) is 122 cm³/mol. The lowest BCUT2D eigenvalue weighted by molar-refractivity contribution is -0.138. The van der Waals surface area contributed by atoms with E-state index in [1.165, 1.54) is 32.4 Å². The molecule has 1 unspecified atom stereocenters. The lowest BCUT2D eigenvalue weighted by atomic mass is 9.85. The number of nitrogens with zero attached hydrogens (tertiary/aromatic N) is 3. The molecule has 0 aromatic carbocycles. The average Bonchev–Trinajstić information content (AvgIpc) is 3.18. The van der Waals surface area contributed by atoms with Crippen LogP contribution < -0.4 is 10.6 Å². The Morgan fingerprint density at radius 3 is 2.48 bits per heavy atom. The molecule has 27 heavy (non-hydrogen) atoms. The Kier molecular flexibility index (Phi) is 8.65. The molecule has 0 aromatic heterocycles. The van der Waals surface area contributed by atoms with Crippen LogP contribution in [0.2, 0.25) is 0 Å². The highest BCUT2D eigenvalue weighted by molar-refractivity contribution is 14.0. The number of rotatable bonds is 7. The van der Waals surface area contributed by atoms with Crippen molar-refractivity contribution in [3.63, 3.8) is 0 Å². The summed E-state index contributed by atoms with van der Waals surface area (Å²) in [7, 11) is 3.72. The molecule has 3 rings (SSSR count). The van der Waals surface area contributed by atoms with Crippen molar-refractivity contribution in [1.82, 2.24) is 20.4 Å². The molecule has 1 heterocycles. The first-order valence-electron chi connectivity index (χ1n) is 10.5. The van der Waals surface area contributed by atoms with Gasteiger partial charge in [0.2, 0.25) is 5.91 Å². The van der Waals surface area contributed by atoms with Crippen LogP contribution in [0.15, 0.2) is 4.99 Å². The van der Waals surface area contributed by atoms with Crippen molar-refractivity contribution in [2.45, 2.75) is 57.9 Å². The van der Waals surface area contributed by atoms with Gasteiger partial charge in [0.25, 0.3) is 0 Å². The first kappa shape index (κ1) is 22.7. The fourth-order valence-electron chi connectivity index (χ4n) is 4.58. The van der Waals surface area contributed by atoms with Crippen LogP contribution in [-0.4, -0.2) is 74.5 Å². The number of aliphatic imine (C=N–C) groups is 1. The molecular formula is C20H38IN5O.